The number of aromatic nitrogens is 2. The monoisotopic (exact) mass is 544 g/mol. The molecule has 0 fully saturated rings. The smallest absolute Gasteiger partial charge is 0.315 e. The summed E-state index contributed by atoms with van der Waals surface area (Å²) in [6.45, 7) is 9.83. The molecule has 0 unspecified atom stereocenters. The molecule has 0 bridgehead atoms. The summed E-state index contributed by atoms with van der Waals surface area (Å²) in [6, 6.07) is 8.31. The van der Waals surface area contributed by atoms with E-state index in [1.165, 1.54) is 17.0 Å². The van der Waals surface area contributed by atoms with Gasteiger partial charge in [-0.05, 0) is 51.0 Å². The van der Waals surface area contributed by atoms with Gasteiger partial charge in [0, 0.05) is 22.0 Å². The lowest BCUT2D eigenvalue weighted by Crippen LogP contribution is -2.23. The number of nitrogens with zero attached hydrogens (tertiary/aromatic N) is 4. The summed E-state index contributed by atoms with van der Waals surface area (Å²) in [7, 11) is 0. The van der Waals surface area contributed by atoms with Crippen LogP contribution in [0.4, 0.5) is 5.69 Å². The van der Waals surface area contributed by atoms with Gasteiger partial charge >= 0.3 is 5.69 Å². The molecule has 0 radical (unpaired) electrons. The van der Waals surface area contributed by atoms with Crippen molar-refractivity contribution in [1.82, 2.24) is 9.66 Å². The molecule has 35 heavy (non-hydrogen) atoms. The Bertz CT molecular complexity index is 1320. The highest BCUT2D eigenvalue weighted by Gasteiger charge is 2.24. The first-order valence-corrected chi connectivity index (χ1v) is 12.4. The van der Waals surface area contributed by atoms with Crippen LogP contribution in [-0.2, 0) is 0 Å². The van der Waals surface area contributed by atoms with Gasteiger partial charge in [0.05, 0.1) is 34.8 Å². The van der Waals surface area contributed by atoms with E-state index in [1.54, 1.807) is 25.1 Å². The molecule has 1 heterocycles. The number of benzene rings is 2. The number of ether oxygens (including phenoxy) is 2. The third kappa shape index (κ3) is 5.87. The van der Waals surface area contributed by atoms with Crippen molar-refractivity contribution in [1.29, 1.82) is 0 Å². The van der Waals surface area contributed by atoms with Crippen LogP contribution in [-0.4, -0.2) is 33.5 Å². The number of rotatable bonds is 10. The van der Waals surface area contributed by atoms with E-state index in [-0.39, 0.29) is 34.8 Å². The molecule has 2 atom stereocenters. The summed E-state index contributed by atoms with van der Waals surface area (Å²) in [6.07, 6.45) is 2.61. The van der Waals surface area contributed by atoms with Crippen LogP contribution in [0.2, 0.25) is 0 Å². The molecular weight excluding hydrogens is 516 g/mol. The third-order valence-corrected chi connectivity index (χ3v) is 6.15. The number of nitro benzene ring substituents is 1. The summed E-state index contributed by atoms with van der Waals surface area (Å²) in [5.74, 6) is 0.809. The Kier molecular flexibility index (Phi) is 8.61. The largest absolute Gasteiger partial charge is 0.490 e. The summed E-state index contributed by atoms with van der Waals surface area (Å²) < 4.78 is 13.5. The van der Waals surface area contributed by atoms with Crippen LogP contribution < -0.4 is 15.0 Å². The number of fused-ring (bicyclic) bond motifs is 1. The molecule has 10 heteroatoms. The van der Waals surface area contributed by atoms with Crippen molar-refractivity contribution in [3.63, 3.8) is 0 Å². The van der Waals surface area contributed by atoms with E-state index in [1.807, 2.05) is 33.8 Å². The molecule has 0 aliphatic heterocycles. The Morgan fingerprint density at radius 2 is 1.94 bits per heavy atom. The summed E-state index contributed by atoms with van der Waals surface area (Å²) >= 11 is 3.40. The van der Waals surface area contributed by atoms with Crippen molar-refractivity contribution in [3.05, 3.63) is 66.7 Å². The number of halogens is 1. The molecule has 0 aliphatic carbocycles. The summed E-state index contributed by atoms with van der Waals surface area (Å²) in [4.78, 5) is 29.4. The predicted molar refractivity (Wildman–Crippen MR) is 140 cm³/mol. The quantitative estimate of drug-likeness (QED) is 0.175. The Balaban J connectivity index is 2.18. The van der Waals surface area contributed by atoms with E-state index in [4.69, 9.17) is 9.47 Å². The molecule has 0 spiro atoms. The summed E-state index contributed by atoms with van der Waals surface area (Å²) in [5, 5.41) is 16.7. The van der Waals surface area contributed by atoms with E-state index >= 15 is 0 Å². The van der Waals surface area contributed by atoms with Gasteiger partial charge in [0.25, 0.3) is 5.56 Å². The zero-order valence-electron chi connectivity index (χ0n) is 20.4. The van der Waals surface area contributed by atoms with E-state index < -0.39 is 4.92 Å². The minimum atomic E-state index is -0.510. The lowest BCUT2D eigenvalue weighted by atomic mass is 10.1. The molecule has 1 aromatic heterocycles. The number of nitro groups is 1. The molecule has 186 valence electrons. The minimum absolute atomic E-state index is 0.0347. The first-order chi connectivity index (χ1) is 16.7. The average molecular weight is 545 g/mol. The van der Waals surface area contributed by atoms with Gasteiger partial charge in [-0.2, -0.15) is 9.78 Å². The number of hydrogen-bond acceptors (Lipinski definition) is 7. The van der Waals surface area contributed by atoms with Crippen molar-refractivity contribution in [2.24, 2.45) is 5.10 Å². The maximum Gasteiger partial charge on any atom is 0.315 e. The zero-order valence-corrected chi connectivity index (χ0v) is 22.0. The van der Waals surface area contributed by atoms with Gasteiger partial charge in [-0.1, -0.05) is 36.7 Å². The highest BCUT2D eigenvalue weighted by atomic mass is 79.9. The Hall–Kier alpha value is -3.27. The van der Waals surface area contributed by atoms with Gasteiger partial charge < -0.3 is 9.47 Å². The van der Waals surface area contributed by atoms with E-state index in [2.05, 4.69) is 26.0 Å². The molecule has 0 saturated carbocycles. The molecule has 2 aromatic carbocycles. The molecule has 0 saturated heterocycles. The van der Waals surface area contributed by atoms with E-state index in [0.717, 1.165) is 10.9 Å². The Labute approximate surface area is 212 Å². The van der Waals surface area contributed by atoms with Crippen LogP contribution in [0.5, 0.6) is 11.5 Å². The van der Waals surface area contributed by atoms with Crippen molar-refractivity contribution in [2.75, 3.05) is 6.61 Å². The van der Waals surface area contributed by atoms with Crippen LogP contribution in [0, 0.1) is 10.1 Å². The average Bonchev–Trinajstić information content (AvgIpc) is 2.84. The van der Waals surface area contributed by atoms with Crippen LogP contribution in [0.3, 0.4) is 0 Å². The fourth-order valence-electron chi connectivity index (χ4n) is 3.39. The van der Waals surface area contributed by atoms with Gasteiger partial charge in [0.1, 0.15) is 5.82 Å². The lowest BCUT2D eigenvalue weighted by molar-refractivity contribution is -0.386. The molecule has 3 aromatic rings. The zero-order chi connectivity index (χ0) is 25.7. The van der Waals surface area contributed by atoms with E-state index in [0.29, 0.717) is 35.3 Å². The second-order valence-corrected chi connectivity index (χ2v) is 9.11. The maximum absolute atomic E-state index is 13.3. The van der Waals surface area contributed by atoms with E-state index in [9.17, 15) is 14.9 Å². The van der Waals surface area contributed by atoms with Crippen LogP contribution in [0.1, 0.15) is 64.8 Å². The van der Waals surface area contributed by atoms with Gasteiger partial charge in [0.2, 0.25) is 5.75 Å². The first-order valence-electron chi connectivity index (χ1n) is 11.6. The molecular formula is C25H29BrN4O5. The van der Waals surface area contributed by atoms with Gasteiger partial charge in [-0.3, -0.25) is 14.9 Å². The molecule has 0 amide bonds. The topological polar surface area (TPSA) is 109 Å². The van der Waals surface area contributed by atoms with Crippen LogP contribution in [0.25, 0.3) is 10.9 Å². The number of hydrogen-bond donors (Lipinski definition) is 0. The van der Waals surface area contributed by atoms with Gasteiger partial charge in [-0.15, -0.1) is 0 Å². The fraction of sp³-hybridized carbons (Fsp3) is 0.400. The van der Waals surface area contributed by atoms with Crippen molar-refractivity contribution >= 4 is 38.7 Å². The SMILES string of the molecule is CCOc1cc(C=Nn2c([C@@H](C)CC)nc3ccc(Br)cc3c2=O)cc([N+](=O)[O-])c1O[C@@H](C)CC. The normalized spacial score (nSPS) is 13.2. The van der Waals surface area contributed by atoms with Crippen molar-refractivity contribution in [3.8, 4) is 11.5 Å². The first kappa shape index (κ1) is 26.3. The Morgan fingerprint density at radius 3 is 2.57 bits per heavy atom. The predicted octanol–water partition coefficient (Wildman–Crippen LogP) is 6.04. The standard InChI is InChI=1S/C25H29BrN4O5/c1-6-15(4)24-28-20-10-9-18(26)13-19(20)25(31)29(24)27-14-17-11-21(30(32)33)23(35-16(5)7-2)22(12-17)34-8-3/h9-16H,6-8H2,1-5H3/t15-,16-/m0/s1. The molecule has 9 nitrogen and oxygen atoms in total. The second-order valence-electron chi connectivity index (χ2n) is 8.20. The van der Waals surface area contributed by atoms with Crippen molar-refractivity contribution in [2.45, 2.75) is 59.5 Å². The minimum Gasteiger partial charge on any atom is -0.490 e. The highest BCUT2D eigenvalue weighted by molar-refractivity contribution is 9.10. The molecule has 3 rings (SSSR count). The summed E-state index contributed by atoms with van der Waals surface area (Å²) in [5.41, 5.74) is 0.431. The van der Waals surface area contributed by atoms with Gasteiger partial charge in [0.15, 0.2) is 5.75 Å². The van der Waals surface area contributed by atoms with Crippen LogP contribution >= 0.6 is 15.9 Å². The van der Waals surface area contributed by atoms with Gasteiger partial charge in [-0.25, -0.2) is 4.98 Å². The fourth-order valence-corrected chi connectivity index (χ4v) is 3.75. The molecule has 0 N–H and O–H groups in total. The van der Waals surface area contributed by atoms with Crippen LogP contribution in [0.15, 0.2) is 44.7 Å². The molecule has 0 aliphatic rings. The Morgan fingerprint density at radius 1 is 1.20 bits per heavy atom. The third-order valence-electron chi connectivity index (χ3n) is 5.66. The second kappa shape index (κ2) is 11.4. The van der Waals surface area contributed by atoms with Crippen molar-refractivity contribution < 1.29 is 14.4 Å². The maximum atomic E-state index is 13.3. The highest BCUT2D eigenvalue weighted by Crippen LogP contribution is 2.39. The lowest BCUT2D eigenvalue weighted by Gasteiger charge is -2.17.